The summed E-state index contributed by atoms with van der Waals surface area (Å²) >= 11 is 3.10. The van der Waals surface area contributed by atoms with Gasteiger partial charge in [-0.05, 0) is 23.8 Å². The lowest BCUT2D eigenvalue weighted by molar-refractivity contribution is 0.446. The molecule has 0 fully saturated rings. The molecule has 0 saturated heterocycles. The molecule has 2 aromatic heterocycles. The predicted molar refractivity (Wildman–Crippen MR) is 80.2 cm³/mol. The van der Waals surface area contributed by atoms with Crippen molar-refractivity contribution in [3.63, 3.8) is 0 Å². The summed E-state index contributed by atoms with van der Waals surface area (Å²) in [4.78, 5) is 1.25. The number of hydrogen-bond donors (Lipinski definition) is 0. The van der Waals surface area contributed by atoms with E-state index in [2.05, 4.69) is 40.1 Å². The molecule has 0 aliphatic heterocycles. The molecule has 0 N–H and O–H groups in total. The van der Waals surface area contributed by atoms with Crippen LogP contribution in [0.3, 0.4) is 0 Å². The highest BCUT2D eigenvalue weighted by atomic mass is 32.1. The molecule has 0 aromatic carbocycles. The minimum atomic E-state index is 0.757. The molecular formula is C14H20N2S2. The van der Waals surface area contributed by atoms with E-state index in [9.17, 15) is 0 Å². The first-order chi connectivity index (χ1) is 8.85. The normalized spacial score (nSPS) is 12.8. The Hall–Kier alpha value is -0.740. The molecule has 0 aliphatic rings. The average molecular weight is 280 g/mol. The third kappa shape index (κ3) is 3.39. The lowest BCUT2D eigenvalue weighted by Crippen LogP contribution is -2.04. The van der Waals surface area contributed by atoms with Gasteiger partial charge in [0.1, 0.15) is 5.69 Å². The van der Waals surface area contributed by atoms with Gasteiger partial charge in [-0.2, -0.15) is 8.75 Å². The Morgan fingerprint density at radius 3 is 2.83 bits per heavy atom. The monoisotopic (exact) mass is 280 g/mol. The molecule has 0 saturated carbocycles. The largest absolute Gasteiger partial charge is 0.177 e. The lowest BCUT2D eigenvalue weighted by atomic mass is 9.93. The standard InChI is InChI=1S/C14H20N2S2/c1-3-5-7-11(4-2)10-12-14(16-18-15-12)13-8-6-9-17-13/h6,8-9,11H,3-5,7,10H2,1-2H3. The number of nitrogens with zero attached hydrogens (tertiary/aromatic N) is 2. The highest BCUT2D eigenvalue weighted by molar-refractivity contribution is 7.13. The second kappa shape index (κ2) is 7.00. The third-order valence-electron chi connectivity index (χ3n) is 3.34. The van der Waals surface area contributed by atoms with Crippen LogP contribution < -0.4 is 0 Å². The Kier molecular flexibility index (Phi) is 5.32. The van der Waals surface area contributed by atoms with Crippen molar-refractivity contribution in [2.45, 2.75) is 46.0 Å². The molecule has 18 heavy (non-hydrogen) atoms. The lowest BCUT2D eigenvalue weighted by Gasteiger charge is -2.12. The zero-order valence-electron chi connectivity index (χ0n) is 11.1. The van der Waals surface area contributed by atoms with Crippen LogP contribution in [0.15, 0.2) is 17.5 Å². The molecule has 0 spiro atoms. The second-order valence-corrected chi connectivity index (χ2v) is 6.13. The van der Waals surface area contributed by atoms with Crippen LogP contribution in [0.2, 0.25) is 0 Å². The zero-order valence-corrected chi connectivity index (χ0v) is 12.7. The van der Waals surface area contributed by atoms with Crippen molar-refractivity contribution in [3.8, 4) is 10.6 Å². The average Bonchev–Trinajstić information content (AvgIpc) is 3.04. The number of unbranched alkanes of at least 4 members (excludes halogenated alkanes) is 1. The van der Waals surface area contributed by atoms with Gasteiger partial charge in [-0.3, -0.25) is 0 Å². The van der Waals surface area contributed by atoms with E-state index in [1.54, 1.807) is 11.3 Å². The summed E-state index contributed by atoms with van der Waals surface area (Å²) in [5.74, 6) is 0.757. The maximum absolute atomic E-state index is 4.51. The van der Waals surface area contributed by atoms with E-state index in [1.807, 2.05) is 0 Å². The molecule has 0 amide bonds. The van der Waals surface area contributed by atoms with Crippen LogP contribution in [0.4, 0.5) is 0 Å². The van der Waals surface area contributed by atoms with Gasteiger partial charge in [-0.15, -0.1) is 11.3 Å². The topological polar surface area (TPSA) is 25.8 Å². The van der Waals surface area contributed by atoms with Gasteiger partial charge >= 0.3 is 0 Å². The fourth-order valence-electron chi connectivity index (χ4n) is 2.16. The first-order valence-corrected chi connectivity index (χ1v) is 8.31. The molecule has 2 heterocycles. The van der Waals surface area contributed by atoms with Gasteiger partial charge in [-0.25, -0.2) is 0 Å². The van der Waals surface area contributed by atoms with Gasteiger partial charge in [-0.1, -0.05) is 45.6 Å². The summed E-state index contributed by atoms with van der Waals surface area (Å²) in [5.41, 5.74) is 2.32. The Labute approximate surface area is 117 Å². The smallest absolute Gasteiger partial charge is 0.117 e. The van der Waals surface area contributed by atoms with E-state index in [0.717, 1.165) is 18.0 Å². The van der Waals surface area contributed by atoms with Crippen molar-refractivity contribution >= 4 is 23.1 Å². The Balaban J connectivity index is 2.07. The Morgan fingerprint density at radius 1 is 1.28 bits per heavy atom. The summed E-state index contributed by atoms with van der Waals surface area (Å²) in [5, 5.41) is 2.10. The van der Waals surface area contributed by atoms with Crippen LogP contribution in [0, 0.1) is 5.92 Å². The van der Waals surface area contributed by atoms with Crippen LogP contribution in [-0.2, 0) is 6.42 Å². The Morgan fingerprint density at radius 2 is 2.17 bits per heavy atom. The van der Waals surface area contributed by atoms with Gasteiger partial charge in [0.15, 0.2) is 0 Å². The quantitative estimate of drug-likeness (QED) is 0.711. The predicted octanol–water partition coefficient (Wildman–Crippen LogP) is 5.03. The zero-order chi connectivity index (χ0) is 12.8. The molecule has 1 unspecified atom stereocenters. The van der Waals surface area contributed by atoms with E-state index < -0.39 is 0 Å². The van der Waals surface area contributed by atoms with Gasteiger partial charge in [0, 0.05) is 0 Å². The van der Waals surface area contributed by atoms with E-state index in [1.165, 1.54) is 48.0 Å². The molecule has 0 bridgehead atoms. The van der Waals surface area contributed by atoms with Crippen molar-refractivity contribution in [3.05, 3.63) is 23.2 Å². The molecule has 2 aromatic rings. The highest BCUT2D eigenvalue weighted by Crippen LogP contribution is 2.29. The second-order valence-electron chi connectivity index (χ2n) is 4.66. The molecule has 0 aliphatic carbocycles. The summed E-state index contributed by atoms with van der Waals surface area (Å²) in [6.45, 7) is 4.54. The van der Waals surface area contributed by atoms with Gasteiger partial charge in [0.2, 0.25) is 0 Å². The molecule has 0 radical (unpaired) electrons. The molecular weight excluding hydrogens is 260 g/mol. The summed E-state index contributed by atoms with van der Waals surface area (Å²) in [6, 6.07) is 4.22. The Bertz CT molecular complexity index is 448. The fraction of sp³-hybridized carbons (Fsp3) is 0.571. The minimum absolute atomic E-state index is 0.757. The van der Waals surface area contributed by atoms with Crippen LogP contribution >= 0.6 is 23.1 Å². The third-order valence-corrected chi connectivity index (χ3v) is 4.78. The van der Waals surface area contributed by atoms with E-state index in [4.69, 9.17) is 0 Å². The van der Waals surface area contributed by atoms with Crippen molar-refractivity contribution in [1.29, 1.82) is 0 Å². The molecule has 2 nitrogen and oxygen atoms in total. The summed E-state index contributed by atoms with van der Waals surface area (Å²) in [7, 11) is 0. The van der Waals surface area contributed by atoms with E-state index in [-0.39, 0.29) is 0 Å². The number of aromatic nitrogens is 2. The number of thiophene rings is 1. The van der Waals surface area contributed by atoms with Crippen molar-refractivity contribution in [2.24, 2.45) is 5.92 Å². The van der Waals surface area contributed by atoms with Crippen molar-refractivity contribution < 1.29 is 0 Å². The number of rotatable bonds is 7. The van der Waals surface area contributed by atoms with Crippen LogP contribution in [0.1, 0.15) is 45.2 Å². The minimum Gasteiger partial charge on any atom is -0.177 e. The van der Waals surface area contributed by atoms with Crippen molar-refractivity contribution in [2.75, 3.05) is 0 Å². The van der Waals surface area contributed by atoms with Crippen molar-refractivity contribution in [1.82, 2.24) is 8.75 Å². The van der Waals surface area contributed by atoms with E-state index in [0.29, 0.717) is 0 Å². The maximum Gasteiger partial charge on any atom is 0.117 e. The first kappa shape index (κ1) is 13.7. The van der Waals surface area contributed by atoms with Gasteiger partial charge < -0.3 is 0 Å². The van der Waals surface area contributed by atoms with Crippen LogP contribution in [0.25, 0.3) is 10.6 Å². The first-order valence-electron chi connectivity index (χ1n) is 6.70. The van der Waals surface area contributed by atoms with Gasteiger partial charge in [0.25, 0.3) is 0 Å². The molecule has 4 heteroatoms. The summed E-state index contributed by atoms with van der Waals surface area (Å²) < 4.78 is 8.97. The molecule has 98 valence electrons. The summed E-state index contributed by atoms with van der Waals surface area (Å²) in [6.07, 6.45) is 6.24. The van der Waals surface area contributed by atoms with E-state index >= 15 is 0 Å². The SMILES string of the molecule is CCCCC(CC)Cc1nsnc1-c1cccs1. The number of hydrogen-bond acceptors (Lipinski definition) is 4. The van der Waals surface area contributed by atoms with Gasteiger partial charge in [0.05, 0.1) is 22.3 Å². The maximum atomic E-state index is 4.51. The molecule has 2 rings (SSSR count). The molecule has 1 atom stereocenters. The van der Waals surface area contributed by atoms with Crippen LogP contribution in [0.5, 0.6) is 0 Å². The van der Waals surface area contributed by atoms with Crippen LogP contribution in [-0.4, -0.2) is 8.75 Å². The fourth-order valence-corrected chi connectivity index (χ4v) is 3.54. The highest BCUT2D eigenvalue weighted by Gasteiger charge is 2.15.